The Hall–Kier alpha value is -5.26. The number of amides is 1. The second kappa shape index (κ2) is 14.3. The van der Waals surface area contributed by atoms with Crippen LogP contribution in [0.3, 0.4) is 0 Å². The third-order valence-electron chi connectivity index (χ3n) is 6.79. The van der Waals surface area contributed by atoms with Gasteiger partial charge in [-0.15, -0.1) is 0 Å². The summed E-state index contributed by atoms with van der Waals surface area (Å²) in [7, 11) is 0. The van der Waals surface area contributed by atoms with Gasteiger partial charge in [-0.2, -0.15) is 4.99 Å². The number of fused-ring (bicyclic) bond motifs is 1. The Kier molecular flexibility index (Phi) is 10.3. The topological polar surface area (TPSA) is 188 Å². The Bertz CT molecular complexity index is 1610. The maximum absolute atomic E-state index is 12.9. The number of aryl methyl sites for hydroxylation is 2. The number of carboxylic acids is 1. The Morgan fingerprint density at radius 2 is 1.75 bits per heavy atom. The molecule has 4 rings (SSSR count). The highest BCUT2D eigenvalue weighted by Gasteiger charge is 2.25. The lowest BCUT2D eigenvalue weighted by Crippen LogP contribution is -2.25. The quantitative estimate of drug-likeness (QED) is 0.166. The van der Waals surface area contributed by atoms with Gasteiger partial charge in [-0.3, -0.25) is 24.2 Å². The van der Waals surface area contributed by atoms with E-state index >= 15 is 0 Å². The first-order chi connectivity index (χ1) is 21.0. The smallest absolute Gasteiger partial charge is 0.342 e. The highest BCUT2D eigenvalue weighted by atomic mass is 16.6. The summed E-state index contributed by atoms with van der Waals surface area (Å²) < 4.78 is 10.5. The van der Waals surface area contributed by atoms with Crippen molar-refractivity contribution >= 4 is 35.4 Å². The molecule has 1 aliphatic rings. The number of Topliss-reactive ketones (excluding diaryl/α,β-unsaturated/α-hetero) is 1. The highest BCUT2D eigenvalue weighted by molar-refractivity contribution is 6.06. The molecular formula is C32H32N4O8. The average Bonchev–Trinajstić information content (AvgIpc) is 2.98. The zero-order valence-corrected chi connectivity index (χ0v) is 24.3. The molecule has 0 fully saturated rings. The van der Waals surface area contributed by atoms with E-state index in [4.69, 9.17) is 15.2 Å². The molecule has 1 amide bonds. The van der Waals surface area contributed by atoms with E-state index in [1.54, 1.807) is 56.4 Å². The van der Waals surface area contributed by atoms with E-state index < -0.39 is 29.7 Å². The van der Waals surface area contributed by atoms with E-state index in [0.717, 1.165) is 5.56 Å². The van der Waals surface area contributed by atoms with Crippen LogP contribution in [0.15, 0.2) is 59.7 Å². The van der Waals surface area contributed by atoms with E-state index in [1.807, 2.05) is 0 Å². The maximum Gasteiger partial charge on any atom is 0.342 e. The van der Waals surface area contributed by atoms with Crippen molar-refractivity contribution in [2.24, 2.45) is 16.6 Å². The van der Waals surface area contributed by atoms with Gasteiger partial charge in [-0.05, 0) is 50.8 Å². The number of amidine groups is 1. The number of ether oxygens (including phenoxy) is 2. The number of esters is 2. The number of para-hydroxylation sites is 1. The molecule has 0 aliphatic carbocycles. The zero-order valence-electron chi connectivity index (χ0n) is 24.3. The van der Waals surface area contributed by atoms with Crippen LogP contribution in [0.5, 0.6) is 5.75 Å². The lowest BCUT2D eigenvalue weighted by Gasteiger charge is -2.13. The minimum Gasteiger partial charge on any atom is -0.481 e. The first-order valence-electron chi connectivity index (χ1n) is 14.1. The summed E-state index contributed by atoms with van der Waals surface area (Å²) >= 11 is 0. The summed E-state index contributed by atoms with van der Waals surface area (Å²) in [4.78, 5) is 74.1. The van der Waals surface area contributed by atoms with Gasteiger partial charge in [0.15, 0.2) is 11.5 Å². The second-order valence-electron chi connectivity index (χ2n) is 10.6. The summed E-state index contributed by atoms with van der Waals surface area (Å²) in [5.74, 6) is -4.36. The molecule has 3 N–H and O–H groups in total. The molecule has 0 spiro atoms. The van der Waals surface area contributed by atoms with Crippen molar-refractivity contribution in [2.45, 2.75) is 58.5 Å². The molecule has 2 heterocycles. The highest BCUT2D eigenvalue weighted by Crippen LogP contribution is 2.22. The molecule has 0 saturated carbocycles. The molecule has 228 valence electrons. The Balaban J connectivity index is 1.29. The van der Waals surface area contributed by atoms with Crippen molar-refractivity contribution in [2.75, 3.05) is 0 Å². The predicted octanol–water partition coefficient (Wildman–Crippen LogP) is 3.54. The number of nitrogens with two attached hydrogens (primary N) is 1. The van der Waals surface area contributed by atoms with E-state index in [1.165, 1.54) is 12.1 Å². The standard InChI is InChI=1S/C32H32N4O8/c1-18(2)43-32(42)23-5-3-4-6-26(23)44-28(38)14-12-21(31(40)41)15-25(37)20-10-7-19(8-11-20)9-13-22-17-34-24-16-27(33)36-30(39)29(24)35-22/h3-8,10-11,17-18,21H,9,12-16H2,1-2H3,(H,40,41)(H2,33,36,39)/t21-/m1/s1. The van der Waals surface area contributed by atoms with Gasteiger partial charge in [0.1, 0.15) is 17.1 Å². The number of aliphatic imine (C=N–C) groups is 1. The van der Waals surface area contributed by atoms with E-state index in [-0.39, 0.29) is 60.4 Å². The van der Waals surface area contributed by atoms with Gasteiger partial charge < -0.3 is 20.3 Å². The third-order valence-corrected chi connectivity index (χ3v) is 6.79. The van der Waals surface area contributed by atoms with E-state index in [0.29, 0.717) is 29.8 Å². The molecule has 1 aromatic heterocycles. The number of carboxylic acid groups (broad SMARTS) is 1. The molecule has 2 aromatic carbocycles. The van der Waals surface area contributed by atoms with Crippen LogP contribution in [-0.4, -0.2) is 56.6 Å². The third kappa shape index (κ3) is 8.40. The van der Waals surface area contributed by atoms with Gasteiger partial charge in [0.2, 0.25) is 0 Å². The molecule has 0 radical (unpaired) electrons. The van der Waals surface area contributed by atoms with Crippen LogP contribution in [0.2, 0.25) is 0 Å². The van der Waals surface area contributed by atoms with Crippen LogP contribution in [0.25, 0.3) is 0 Å². The molecule has 3 aromatic rings. The van der Waals surface area contributed by atoms with Crippen molar-refractivity contribution in [3.8, 4) is 5.75 Å². The number of aromatic nitrogens is 2. The summed E-state index contributed by atoms with van der Waals surface area (Å²) in [5.41, 5.74) is 8.29. The monoisotopic (exact) mass is 600 g/mol. The van der Waals surface area contributed by atoms with E-state index in [9.17, 15) is 29.1 Å². The number of carbonyl (C=O) groups is 5. The SMILES string of the molecule is CC(C)OC(=O)c1ccccc1OC(=O)CC[C@H](CC(=O)c1ccc(CCc2cnc3c(n2)C(=O)N=C(N)C3)cc1)C(=O)O. The van der Waals surface area contributed by atoms with Gasteiger partial charge in [0.25, 0.3) is 5.91 Å². The van der Waals surface area contributed by atoms with Crippen LogP contribution in [0.1, 0.15) is 81.3 Å². The summed E-state index contributed by atoms with van der Waals surface area (Å²) in [5, 5.41) is 9.69. The van der Waals surface area contributed by atoms with Gasteiger partial charge in [-0.25, -0.2) is 9.78 Å². The summed E-state index contributed by atoms with van der Waals surface area (Å²) in [6.07, 6.45) is 1.89. The molecule has 44 heavy (non-hydrogen) atoms. The Morgan fingerprint density at radius 1 is 1.02 bits per heavy atom. The first-order valence-corrected chi connectivity index (χ1v) is 14.1. The minimum atomic E-state index is -1.21. The fourth-order valence-corrected chi connectivity index (χ4v) is 4.52. The largest absolute Gasteiger partial charge is 0.481 e. The van der Waals surface area contributed by atoms with Crippen LogP contribution in [0, 0.1) is 5.92 Å². The second-order valence-corrected chi connectivity index (χ2v) is 10.6. The number of hydrogen-bond acceptors (Lipinski definition) is 10. The number of benzene rings is 2. The van der Waals surface area contributed by atoms with Gasteiger partial charge in [-0.1, -0.05) is 36.4 Å². The number of rotatable bonds is 13. The van der Waals surface area contributed by atoms with Crippen molar-refractivity contribution in [3.05, 3.63) is 88.5 Å². The van der Waals surface area contributed by atoms with Gasteiger partial charge in [0.05, 0.1) is 29.8 Å². The molecular weight excluding hydrogens is 568 g/mol. The van der Waals surface area contributed by atoms with E-state index in [2.05, 4.69) is 15.0 Å². The number of ketones is 1. The van der Waals surface area contributed by atoms with Crippen molar-refractivity contribution < 1.29 is 38.6 Å². The fourth-order valence-electron chi connectivity index (χ4n) is 4.52. The number of hydrogen-bond donors (Lipinski definition) is 2. The number of aliphatic carboxylic acids is 1. The molecule has 0 bridgehead atoms. The van der Waals surface area contributed by atoms with Gasteiger partial charge >= 0.3 is 17.9 Å². The molecule has 1 aliphatic heterocycles. The predicted molar refractivity (Wildman–Crippen MR) is 157 cm³/mol. The number of carbonyl (C=O) groups excluding carboxylic acids is 4. The van der Waals surface area contributed by atoms with Crippen LogP contribution < -0.4 is 10.5 Å². The average molecular weight is 601 g/mol. The van der Waals surface area contributed by atoms with Crippen LogP contribution in [-0.2, 0) is 33.6 Å². The molecule has 12 nitrogen and oxygen atoms in total. The lowest BCUT2D eigenvalue weighted by atomic mass is 9.93. The summed E-state index contributed by atoms with van der Waals surface area (Å²) in [6.45, 7) is 3.39. The van der Waals surface area contributed by atoms with Crippen LogP contribution >= 0.6 is 0 Å². The Labute approximate surface area is 253 Å². The molecule has 0 saturated heterocycles. The minimum absolute atomic E-state index is 0.0118. The van der Waals surface area contributed by atoms with Crippen LogP contribution in [0.4, 0.5) is 0 Å². The van der Waals surface area contributed by atoms with Crippen molar-refractivity contribution in [1.82, 2.24) is 9.97 Å². The molecule has 0 unspecified atom stereocenters. The molecule has 12 heteroatoms. The fraction of sp³-hybridized carbons (Fsp3) is 0.312. The molecule has 1 atom stereocenters. The zero-order chi connectivity index (χ0) is 31.8. The summed E-state index contributed by atoms with van der Waals surface area (Å²) in [6, 6.07) is 12.9. The maximum atomic E-state index is 12.9. The van der Waals surface area contributed by atoms with Crippen molar-refractivity contribution in [3.63, 3.8) is 0 Å². The lowest BCUT2D eigenvalue weighted by molar-refractivity contribution is -0.142. The number of nitrogens with zero attached hydrogens (tertiary/aromatic N) is 3. The first kappa shape index (κ1) is 31.7. The normalized spacial score (nSPS) is 13.1. The van der Waals surface area contributed by atoms with Crippen molar-refractivity contribution in [1.29, 1.82) is 0 Å². The van der Waals surface area contributed by atoms with Gasteiger partial charge in [0, 0.05) is 24.6 Å². The Morgan fingerprint density at radius 3 is 2.45 bits per heavy atom.